The molecule has 19 nitrogen and oxygen atoms in total. The zero-order valence-electron chi connectivity index (χ0n) is 34.2. The van der Waals surface area contributed by atoms with E-state index >= 15 is 0 Å². The van der Waals surface area contributed by atoms with Crippen LogP contribution >= 0.6 is 0 Å². The monoisotopic (exact) mass is 835 g/mol. The van der Waals surface area contributed by atoms with Crippen LogP contribution in [0.1, 0.15) is 75.8 Å². The van der Waals surface area contributed by atoms with Crippen molar-refractivity contribution >= 4 is 63.9 Å². The van der Waals surface area contributed by atoms with Crippen LogP contribution in [0.3, 0.4) is 0 Å². The van der Waals surface area contributed by atoms with E-state index in [1.165, 1.54) is 18.2 Å². The highest BCUT2D eigenvalue weighted by Crippen LogP contribution is 2.36. The Morgan fingerprint density at radius 2 is 1.74 bits per heavy atom. The van der Waals surface area contributed by atoms with Gasteiger partial charge in [0.25, 0.3) is 23.6 Å². The van der Waals surface area contributed by atoms with E-state index in [4.69, 9.17) is 14.5 Å². The van der Waals surface area contributed by atoms with Gasteiger partial charge in [0, 0.05) is 77.4 Å². The predicted molar refractivity (Wildman–Crippen MR) is 222 cm³/mol. The Balaban J connectivity index is 0.738. The molecule has 0 bridgehead atoms. The molecule has 4 aliphatic rings. The van der Waals surface area contributed by atoms with Crippen molar-refractivity contribution in [2.24, 2.45) is 0 Å². The third-order valence-corrected chi connectivity index (χ3v) is 11.5. The van der Waals surface area contributed by atoms with Gasteiger partial charge in [-0.2, -0.15) is 4.98 Å². The summed E-state index contributed by atoms with van der Waals surface area (Å²) < 4.78 is 13.5. The Labute approximate surface area is 351 Å². The molecule has 1 saturated carbocycles. The number of ether oxygens (including phenoxy) is 2. The van der Waals surface area contributed by atoms with Crippen molar-refractivity contribution in [2.75, 3.05) is 83.4 Å². The Hall–Kier alpha value is -6.47. The molecule has 6 amide bonds. The molecular formula is C42H49N11O8. The van der Waals surface area contributed by atoms with E-state index in [1.807, 2.05) is 24.4 Å². The van der Waals surface area contributed by atoms with E-state index < -0.39 is 42.2 Å². The summed E-state index contributed by atoms with van der Waals surface area (Å²) >= 11 is 0. The number of nitrogens with one attached hydrogen (secondary N) is 3. The molecule has 61 heavy (non-hydrogen) atoms. The van der Waals surface area contributed by atoms with Gasteiger partial charge in [0.05, 0.1) is 36.2 Å². The molecule has 3 aromatic heterocycles. The van der Waals surface area contributed by atoms with E-state index in [1.54, 1.807) is 25.2 Å². The number of carbonyl (C=O) groups is 6. The first kappa shape index (κ1) is 41.3. The Morgan fingerprint density at radius 3 is 2.48 bits per heavy atom. The summed E-state index contributed by atoms with van der Waals surface area (Å²) in [6.45, 7) is 4.78. The number of hydrogen-bond donors (Lipinski definition) is 3. The SMILES string of the molecule is CN(C)C(=O)c1cc2cnc(Nc3ccc(N4CCN(CCOCCNC(=O)COc5cccc6c5C(=O)N(C5CCC(=O)NC5=O)C6=O)CC4)cn3)nc2n1C1CCCC1. The zero-order chi connectivity index (χ0) is 42.6. The number of piperazine rings is 1. The zero-order valence-corrected chi connectivity index (χ0v) is 34.2. The molecule has 1 atom stereocenters. The predicted octanol–water partition coefficient (Wildman–Crippen LogP) is 2.12. The fraction of sp³-hybridized carbons (Fsp3) is 0.452. The van der Waals surface area contributed by atoms with Gasteiger partial charge in [-0.3, -0.25) is 43.9 Å². The highest BCUT2D eigenvalue weighted by atomic mass is 16.5. The number of piperidine rings is 1. The lowest BCUT2D eigenvalue weighted by molar-refractivity contribution is -0.136. The quantitative estimate of drug-likeness (QED) is 0.116. The number of aromatic nitrogens is 4. The van der Waals surface area contributed by atoms with Crippen LogP contribution in [-0.2, 0) is 19.1 Å². The second-order valence-corrected chi connectivity index (χ2v) is 15.7. The van der Waals surface area contributed by atoms with Crippen LogP contribution in [0.5, 0.6) is 5.75 Å². The van der Waals surface area contributed by atoms with Gasteiger partial charge in [-0.05, 0) is 49.6 Å². The summed E-state index contributed by atoms with van der Waals surface area (Å²) in [5.41, 5.74) is 2.46. The van der Waals surface area contributed by atoms with Gasteiger partial charge in [0.2, 0.25) is 17.8 Å². The average molecular weight is 836 g/mol. The highest BCUT2D eigenvalue weighted by molar-refractivity contribution is 6.24. The lowest BCUT2D eigenvalue weighted by Crippen LogP contribution is -2.54. The molecule has 6 heterocycles. The van der Waals surface area contributed by atoms with Crippen LogP contribution in [0.2, 0.25) is 0 Å². The van der Waals surface area contributed by atoms with E-state index in [0.717, 1.165) is 80.0 Å². The van der Waals surface area contributed by atoms with E-state index in [-0.39, 0.29) is 48.2 Å². The van der Waals surface area contributed by atoms with Crippen molar-refractivity contribution in [3.63, 3.8) is 0 Å². The maximum absolute atomic E-state index is 13.2. The van der Waals surface area contributed by atoms with E-state index in [0.29, 0.717) is 30.7 Å². The molecule has 2 saturated heterocycles. The first-order valence-electron chi connectivity index (χ1n) is 20.7. The second-order valence-electron chi connectivity index (χ2n) is 15.7. The molecule has 1 aromatic carbocycles. The fourth-order valence-electron chi connectivity index (χ4n) is 8.34. The van der Waals surface area contributed by atoms with Crippen molar-refractivity contribution in [2.45, 2.75) is 50.6 Å². The van der Waals surface area contributed by atoms with Crippen molar-refractivity contribution in [3.8, 4) is 5.75 Å². The minimum Gasteiger partial charge on any atom is -0.483 e. The minimum absolute atomic E-state index is 0.0141. The van der Waals surface area contributed by atoms with Crippen LogP contribution in [0.25, 0.3) is 11.0 Å². The normalized spacial score (nSPS) is 18.4. The van der Waals surface area contributed by atoms with Gasteiger partial charge in [-0.1, -0.05) is 18.9 Å². The maximum Gasteiger partial charge on any atom is 0.270 e. The van der Waals surface area contributed by atoms with Crippen molar-refractivity contribution in [1.82, 2.24) is 44.9 Å². The first-order chi connectivity index (χ1) is 29.5. The molecule has 3 fully saturated rings. The number of amides is 6. The maximum atomic E-state index is 13.2. The van der Waals surface area contributed by atoms with Crippen molar-refractivity contribution in [3.05, 3.63) is 65.6 Å². The Bertz CT molecular complexity index is 2330. The number of nitrogens with zero attached hydrogens (tertiary/aromatic N) is 8. The number of rotatable bonds is 15. The molecule has 8 rings (SSSR count). The molecule has 3 N–H and O–H groups in total. The smallest absolute Gasteiger partial charge is 0.270 e. The van der Waals surface area contributed by atoms with Gasteiger partial charge in [-0.25, -0.2) is 9.97 Å². The largest absolute Gasteiger partial charge is 0.483 e. The second kappa shape index (κ2) is 18.0. The lowest BCUT2D eigenvalue weighted by atomic mass is 10.0. The summed E-state index contributed by atoms with van der Waals surface area (Å²) in [5, 5.41) is 8.98. The number of hydrogen-bond acceptors (Lipinski definition) is 14. The summed E-state index contributed by atoms with van der Waals surface area (Å²) in [4.78, 5) is 96.9. The van der Waals surface area contributed by atoms with Gasteiger partial charge in [0.15, 0.2) is 6.61 Å². The Morgan fingerprint density at radius 1 is 0.934 bits per heavy atom. The van der Waals surface area contributed by atoms with Crippen LogP contribution < -0.4 is 25.6 Å². The Kier molecular flexibility index (Phi) is 12.2. The molecule has 19 heteroatoms. The molecule has 320 valence electrons. The van der Waals surface area contributed by atoms with Gasteiger partial charge in [-0.15, -0.1) is 0 Å². The van der Waals surface area contributed by atoms with E-state index in [9.17, 15) is 28.8 Å². The average Bonchev–Trinajstić information content (AvgIpc) is 3.98. The summed E-state index contributed by atoms with van der Waals surface area (Å²) in [6.07, 6.45) is 7.96. The van der Waals surface area contributed by atoms with Gasteiger partial charge >= 0.3 is 0 Å². The van der Waals surface area contributed by atoms with Crippen LogP contribution in [0, 0.1) is 0 Å². The number of imide groups is 2. The number of fused-ring (bicyclic) bond motifs is 2. The third kappa shape index (κ3) is 8.88. The summed E-state index contributed by atoms with van der Waals surface area (Å²) in [7, 11) is 3.53. The van der Waals surface area contributed by atoms with Gasteiger partial charge in [0.1, 0.15) is 29.0 Å². The minimum atomic E-state index is -1.10. The number of anilines is 3. The number of carbonyl (C=O) groups excluding carboxylic acids is 6. The van der Waals surface area contributed by atoms with Crippen LogP contribution in [0.4, 0.5) is 17.5 Å². The van der Waals surface area contributed by atoms with Crippen LogP contribution in [-0.4, -0.2) is 149 Å². The lowest BCUT2D eigenvalue weighted by Gasteiger charge is -2.35. The molecule has 4 aromatic rings. The fourth-order valence-corrected chi connectivity index (χ4v) is 8.34. The molecule has 0 spiro atoms. The highest BCUT2D eigenvalue weighted by Gasteiger charge is 2.46. The standard InChI is InChI=1S/C42H49N11O8/c1-49(2)40(58)31-22-26-23-45-42(48-37(26)52(31)27-6-3-4-7-27)46-33-12-10-28(24-44-33)51-17-15-50(16-18-51)19-21-60-20-14-43-35(55)25-61-32-9-5-8-29-36(32)41(59)53(39(29)57)30-11-13-34(54)47-38(30)56/h5,8-10,12,22-24,27,30H,3-4,6-7,11,13-21,25H2,1-2H3,(H,43,55)(H,47,54,56)(H,44,45,46,48). The summed E-state index contributed by atoms with van der Waals surface area (Å²) in [5.74, 6) is -1.88. The number of benzene rings is 1. The van der Waals surface area contributed by atoms with Crippen molar-refractivity contribution < 1.29 is 38.2 Å². The molecule has 3 aliphatic heterocycles. The molecule has 1 unspecified atom stereocenters. The van der Waals surface area contributed by atoms with E-state index in [2.05, 4.69) is 40.3 Å². The number of pyridine rings is 1. The van der Waals surface area contributed by atoms with Crippen LogP contribution in [0.15, 0.2) is 48.8 Å². The third-order valence-electron chi connectivity index (χ3n) is 11.5. The van der Waals surface area contributed by atoms with Gasteiger partial charge < -0.3 is 34.5 Å². The molecule has 1 aliphatic carbocycles. The summed E-state index contributed by atoms with van der Waals surface area (Å²) in [6, 6.07) is 9.46. The molecule has 0 radical (unpaired) electrons. The topological polar surface area (TPSA) is 214 Å². The molecular weight excluding hydrogens is 787 g/mol. The van der Waals surface area contributed by atoms with Crippen molar-refractivity contribution in [1.29, 1.82) is 0 Å². The first-order valence-corrected chi connectivity index (χ1v) is 20.7.